The quantitative estimate of drug-likeness (QED) is 0.781. The molecule has 4 heteroatoms. The summed E-state index contributed by atoms with van der Waals surface area (Å²) in [6.45, 7) is 3.26. The predicted octanol–water partition coefficient (Wildman–Crippen LogP) is 3.45. The first-order valence-corrected chi connectivity index (χ1v) is 7.56. The minimum Gasteiger partial charge on any atom is -0.497 e. The van der Waals surface area contributed by atoms with Gasteiger partial charge < -0.3 is 15.2 Å². The van der Waals surface area contributed by atoms with Gasteiger partial charge in [-0.3, -0.25) is 0 Å². The molecular formula is C17H24N2O2. The molecule has 2 rings (SSSR count). The number of aromatic nitrogens is 1. The summed E-state index contributed by atoms with van der Waals surface area (Å²) in [7, 11) is 1.67. The summed E-state index contributed by atoms with van der Waals surface area (Å²) in [4.78, 5) is 4.44. The van der Waals surface area contributed by atoms with Crippen molar-refractivity contribution in [2.45, 2.75) is 26.2 Å². The smallest absolute Gasteiger partial charge is 0.133 e. The van der Waals surface area contributed by atoms with E-state index in [1.165, 1.54) is 0 Å². The van der Waals surface area contributed by atoms with Crippen molar-refractivity contribution in [3.8, 4) is 5.75 Å². The van der Waals surface area contributed by atoms with Crippen molar-refractivity contribution in [3.05, 3.63) is 30.5 Å². The van der Waals surface area contributed by atoms with Gasteiger partial charge in [-0.1, -0.05) is 13.3 Å². The van der Waals surface area contributed by atoms with Crippen molar-refractivity contribution < 1.29 is 9.84 Å². The Balaban J connectivity index is 2.14. The maximum Gasteiger partial charge on any atom is 0.133 e. The lowest BCUT2D eigenvalue weighted by molar-refractivity contribution is 0.255. The average molecular weight is 288 g/mol. The van der Waals surface area contributed by atoms with Crippen molar-refractivity contribution in [1.29, 1.82) is 0 Å². The fourth-order valence-corrected chi connectivity index (χ4v) is 2.60. The van der Waals surface area contributed by atoms with Gasteiger partial charge in [0.25, 0.3) is 0 Å². The summed E-state index contributed by atoms with van der Waals surface area (Å²) in [6, 6.07) is 7.98. The minimum atomic E-state index is 0.243. The Hall–Kier alpha value is -1.81. The standard InChI is InChI=1S/C17H24N2O2/c1-3-4-13(8-10-20)12-19-17-16-6-5-15(21-2)11-14(16)7-9-18-17/h5-7,9,11,13,20H,3-4,8,10,12H2,1-2H3,(H,18,19). The zero-order valence-electron chi connectivity index (χ0n) is 12.8. The normalized spacial score (nSPS) is 12.3. The fourth-order valence-electron chi connectivity index (χ4n) is 2.60. The third-order valence-corrected chi connectivity index (χ3v) is 3.76. The van der Waals surface area contributed by atoms with Crippen LogP contribution in [-0.2, 0) is 0 Å². The molecule has 0 amide bonds. The lowest BCUT2D eigenvalue weighted by Gasteiger charge is -2.17. The highest BCUT2D eigenvalue weighted by atomic mass is 16.5. The van der Waals surface area contributed by atoms with Crippen LogP contribution >= 0.6 is 0 Å². The fraction of sp³-hybridized carbons (Fsp3) is 0.471. The molecule has 114 valence electrons. The predicted molar refractivity (Wildman–Crippen MR) is 86.9 cm³/mol. The summed E-state index contributed by atoms with van der Waals surface area (Å²) in [5, 5.41) is 14.8. The lowest BCUT2D eigenvalue weighted by Crippen LogP contribution is -2.16. The van der Waals surface area contributed by atoms with E-state index in [1.54, 1.807) is 7.11 Å². The molecule has 4 nitrogen and oxygen atoms in total. The van der Waals surface area contributed by atoms with Gasteiger partial charge >= 0.3 is 0 Å². The number of aliphatic hydroxyl groups excluding tert-OH is 1. The van der Waals surface area contributed by atoms with Crippen LogP contribution in [0.5, 0.6) is 5.75 Å². The van der Waals surface area contributed by atoms with E-state index in [4.69, 9.17) is 9.84 Å². The Morgan fingerprint density at radius 1 is 1.29 bits per heavy atom. The Morgan fingerprint density at radius 2 is 2.14 bits per heavy atom. The van der Waals surface area contributed by atoms with E-state index in [1.807, 2.05) is 30.5 Å². The van der Waals surface area contributed by atoms with Gasteiger partial charge in [0.05, 0.1) is 7.11 Å². The number of nitrogens with one attached hydrogen (secondary N) is 1. The van der Waals surface area contributed by atoms with Crippen molar-refractivity contribution in [2.24, 2.45) is 5.92 Å². The molecule has 21 heavy (non-hydrogen) atoms. The van der Waals surface area contributed by atoms with E-state index in [-0.39, 0.29) is 6.61 Å². The van der Waals surface area contributed by atoms with Gasteiger partial charge in [-0.2, -0.15) is 0 Å². The van der Waals surface area contributed by atoms with Crippen LogP contribution in [0.4, 0.5) is 5.82 Å². The van der Waals surface area contributed by atoms with Crippen LogP contribution in [0.3, 0.4) is 0 Å². The molecule has 2 N–H and O–H groups in total. The number of aliphatic hydroxyl groups is 1. The summed E-state index contributed by atoms with van der Waals surface area (Å²) < 4.78 is 5.26. The van der Waals surface area contributed by atoms with E-state index >= 15 is 0 Å². The number of pyridine rings is 1. The second-order valence-corrected chi connectivity index (χ2v) is 5.29. The number of benzene rings is 1. The Labute approximate surface area is 126 Å². The van der Waals surface area contributed by atoms with Gasteiger partial charge in [0, 0.05) is 24.7 Å². The highest BCUT2D eigenvalue weighted by Crippen LogP contribution is 2.25. The number of methoxy groups -OCH3 is 1. The average Bonchev–Trinajstić information content (AvgIpc) is 2.52. The molecule has 1 aromatic carbocycles. The number of fused-ring (bicyclic) bond motifs is 1. The van der Waals surface area contributed by atoms with E-state index < -0.39 is 0 Å². The number of anilines is 1. The van der Waals surface area contributed by atoms with Crippen molar-refractivity contribution >= 4 is 16.6 Å². The molecule has 0 radical (unpaired) electrons. The van der Waals surface area contributed by atoms with E-state index in [9.17, 15) is 0 Å². The van der Waals surface area contributed by atoms with Gasteiger partial charge in [0.2, 0.25) is 0 Å². The van der Waals surface area contributed by atoms with Gasteiger partial charge in [0.1, 0.15) is 11.6 Å². The van der Waals surface area contributed by atoms with Crippen LogP contribution < -0.4 is 10.1 Å². The van der Waals surface area contributed by atoms with Gasteiger partial charge in [-0.05, 0) is 48.4 Å². The Morgan fingerprint density at radius 3 is 2.86 bits per heavy atom. The molecule has 1 aromatic heterocycles. The maximum absolute atomic E-state index is 9.13. The first-order valence-electron chi connectivity index (χ1n) is 7.56. The summed E-state index contributed by atoms with van der Waals surface area (Å²) in [5.74, 6) is 2.23. The van der Waals surface area contributed by atoms with Gasteiger partial charge in [-0.25, -0.2) is 4.98 Å². The van der Waals surface area contributed by atoms with Gasteiger partial charge in [-0.15, -0.1) is 0 Å². The third-order valence-electron chi connectivity index (χ3n) is 3.76. The van der Waals surface area contributed by atoms with E-state index in [0.29, 0.717) is 5.92 Å². The molecule has 0 aliphatic carbocycles. The molecule has 0 saturated heterocycles. The first kappa shape index (κ1) is 15.6. The highest BCUT2D eigenvalue weighted by molar-refractivity contribution is 5.92. The molecule has 2 aromatic rings. The molecule has 1 heterocycles. The molecular weight excluding hydrogens is 264 g/mol. The number of hydrogen-bond donors (Lipinski definition) is 2. The molecule has 0 spiro atoms. The maximum atomic E-state index is 9.13. The second-order valence-electron chi connectivity index (χ2n) is 5.29. The third kappa shape index (κ3) is 4.08. The van der Waals surface area contributed by atoms with Gasteiger partial charge in [0.15, 0.2) is 0 Å². The van der Waals surface area contributed by atoms with Crippen molar-refractivity contribution in [1.82, 2.24) is 4.98 Å². The largest absolute Gasteiger partial charge is 0.497 e. The zero-order chi connectivity index (χ0) is 15.1. The van der Waals surface area contributed by atoms with Crippen LogP contribution in [0.1, 0.15) is 26.2 Å². The molecule has 0 saturated carbocycles. The monoisotopic (exact) mass is 288 g/mol. The van der Waals surface area contributed by atoms with Crippen molar-refractivity contribution in [2.75, 3.05) is 25.6 Å². The van der Waals surface area contributed by atoms with E-state index in [2.05, 4.69) is 17.2 Å². The van der Waals surface area contributed by atoms with E-state index in [0.717, 1.165) is 48.1 Å². The second kappa shape index (κ2) is 7.84. The number of hydrogen-bond acceptors (Lipinski definition) is 4. The Kier molecular flexibility index (Phi) is 5.81. The zero-order valence-corrected chi connectivity index (χ0v) is 12.8. The topological polar surface area (TPSA) is 54.4 Å². The van der Waals surface area contributed by atoms with Crippen LogP contribution in [-0.4, -0.2) is 30.4 Å². The number of ether oxygens (including phenoxy) is 1. The molecule has 0 aliphatic rings. The van der Waals surface area contributed by atoms with Crippen molar-refractivity contribution in [3.63, 3.8) is 0 Å². The highest BCUT2D eigenvalue weighted by Gasteiger charge is 2.09. The first-order chi connectivity index (χ1) is 10.3. The molecule has 0 fully saturated rings. The minimum absolute atomic E-state index is 0.243. The summed E-state index contributed by atoms with van der Waals surface area (Å²) in [5.41, 5.74) is 0. The summed E-state index contributed by atoms with van der Waals surface area (Å²) >= 11 is 0. The molecule has 0 aliphatic heterocycles. The number of rotatable bonds is 8. The van der Waals surface area contributed by atoms with Crippen LogP contribution in [0.25, 0.3) is 10.8 Å². The Bertz CT molecular complexity index is 566. The molecule has 1 atom stereocenters. The SMILES string of the molecule is CCCC(CCO)CNc1nccc2cc(OC)ccc12. The molecule has 0 bridgehead atoms. The van der Waals surface area contributed by atoms with Crippen LogP contribution in [0.15, 0.2) is 30.5 Å². The van der Waals surface area contributed by atoms with Crippen LogP contribution in [0, 0.1) is 5.92 Å². The van der Waals surface area contributed by atoms with Crippen LogP contribution in [0.2, 0.25) is 0 Å². The number of nitrogens with zero attached hydrogens (tertiary/aromatic N) is 1. The molecule has 1 unspecified atom stereocenters. The lowest BCUT2D eigenvalue weighted by atomic mass is 10.00. The summed E-state index contributed by atoms with van der Waals surface area (Å²) in [6.07, 6.45) is 4.89.